The number of aromatic hydroxyl groups is 1. The fourth-order valence-corrected chi connectivity index (χ4v) is 3.63. The van der Waals surface area contributed by atoms with E-state index in [9.17, 15) is 9.90 Å². The highest BCUT2D eigenvalue weighted by Crippen LogP contribution is 2.39. The van der Waals surface area contributed by atoms with Crippen LogP contribution < -0.4 is 4.74 Å². The second kappa shape index (κ2) is 6.29. The van der Waals surface area contributed by atoms with E-state index >= 15 is 0 Å². The standard InChI is InChI=1S/C23H14ClNO3/c24-14-10-8-13(9-11-14)22-16(15-4-1-2-5-17(15)25-22)12-20-23(27)21-18(26)6-3-7-19(21)28-20/h1-12,25-26H. The van der Waals surface area contributed by atoms with Crippen LogP contribution in [0.25, 0.3) is 28.2 Å². The first-order valence-corrected chi connectivity index (χ1v) is 9.12. The number of halogens is 1. The van der Waals surface area contributed by atoms with Crippen LogP contribution in [0, 0.1) is 0 Å². The summed E-state index contributed by atoms with van der Waals surface area (Å²) in [4.78, 5) is 16.2. The van der Waals surface area contributed by atoms with Gasteiger partial charge in [0.15, 0.2) is 5.76 Å². The summed E-state index contributed by atoms with van der Waals surface area (Å²) >= 11 is 6.03. The Balaban J connectivity index is 1.70. The highest BCUT2D eigenvalue weighted by atomic mass is 35.5. The number of nitrogens with one attached hydrogen (secondary N) is 1. The van der Waals surface area contributed by atoms with E-state index in [1.807, 2.05) is 48.5 Å². The minimum absolute atomic E-state index is 0.0808. The summed E-state index contributed by atoms with van der Waals surface area (Å²) in [7, 11) is 0. The van der Waals surface area contributed by atoms with Gasteiger partial charge in [-0.1, -0.05) is 48.0 Å². The molecule has 4 aromatic rings. The van der Waals surface area contributed by atoms with Crippen LogP contribution in [0.15, 0.2) is 72.5 Å². The average Bonchev–Trinajstić information content (AvgIpc) is 3.22. The van der Waals surface area contributed by atoms with Crippen LogP contribution in [0.5, 0.6) is 11.5 Å². The van der Waals surface area contributed by atoms with E-state index in [1.165, 1.54) is 6.07 Å². The normalized spacial score (nSPS) is 14.5. The molecule has 2 N–H and O–H groups in total. The first kappa shape index (κ1) is 16.7. The molecule has 4 nitrogen and oxygen atoms in total. The van der Waals surface area contributed by atoms with Crippen molar-refractivity contribution < 1.29 is 14.6 Å². The number of ether oxygens (including phenoxy) is 1. The molecule has 2 heterocycles. The first-order valence-electron chi connectivity index (χ1n) is 8.75. The summed E-state index contributed by atoms with van der Waals surface area (Å²) in [5, 5.41) is 11.7. The van der Waals surface area contributed by atoms with E-state index in [0.29, 0.717) is 10.8 Å². The summed E-state index contributed by atoms with van der Waals surface area (Å²) in [6, 6.07) is 20.2. The number of benzene rings is 3. The number of fused-ring (bicyclic) bond motifs is 2. The molecule has 136 valence electrons. The van der Waals surface area contributed by atoms with Crippen molar-refractivity contribution in [3.63, 3.8) is 0 Å². The third kappa shape index (κ3) is 2.58. The topological polar surface area (TPSA) is 62.3 Å². The lowest BCUT2D eigenvalue weighted by molar-refractivity contribution is 0.101. The Morgan fingerprint density at radius 3 is 2.54 bits per heavy atom. The molecule has 0 fully saturated rings. The molecular formula is C23H14ClNO3. The van der Waals surface area contributed by atoms with Gasteiger partial charge in [-0.15, -0.1) is 0 Å². The van der Waals surface area contributed by atoms with Crippen LogP contribution in [0.3, 0.4) is 0 Å². The Bertz CT molecular complexity index is 1270. The van der Waals surface area contributed by atoms with Crippen molar-refractivity contribution in [2.24, 2.45) is 0 Å². The molecule has 0 aliphatic carbocycles. The van der Waals surface area contributed by atoms with Gasteiger partial charge in [0.1, 0.15) is 17.1 Å². The Labute approximate surface area is 165 Å². The van der Waals surface area contributed by atoms with Crippen molar-refractivity contribution in [1.29, 1.82) is 0 Å². The summed E-state index contributed by atoms with van der Waals surface area (Å²) in [5.41, 5.74) is 3.79. The molecule has 28 heavy (non-hydrogen) atoms. The maximum absolute atomic E-state index is 12.8. The lowest BCUT2D eigenvalue weighted by Gasteiger charge is -2.03. The fraction of sp³-hybridized carbons (Fsp3) is 0. The number of phenols is 1. The van der Waals surface area contributed by atoms with E-state index in [0.717, 1.165) is 27.7 Å². The number of allylic oxidation sites excluding steroid dienone is 1. The Morgan fingerprint density at radius 1 is 0.964 bits per heavy atom. The molecule has 0 radical (unpaired) electrons. The molecule has 0 spiro atoms. The average molecular weight is 388 g/mol. The molecule has 0 amide bonds. The number of aromatic nitrogens is 1. The van der Waals surface area contributed by atoms with Gasteiger partial charge in [-0.2, -0.15) is 0 Å². The molecule has 0 atom stereocenters. The van der Waals surface area contributed by atoms with Crippen molar-refractivity contribution in [2.75, 3.05) is 0 Å². The number of aromatic amines is 1. The zero-order valence-corrected chi connectivity index (χ0v) is 15.3. The van der Waals surface area contributed by atoms with Gasteiger partial charge in [-0.25, -0.2) is 0 Å². The number of carbonyl (C=O) groups excluding carboxylic acids is 1. The Kier molecular flexibility index (Phi) is 3.74. The maximum atomic E-state index is 12.8. The number of hydrogen-bond donors (Lipinski definition) is 2. The molecule has 0 saturated carbocycles. The van der Waals surface area contributed by atoms with Gasteiger partial charge < -0.3 is 14.8 Å². The van der Waals surface area contributed by atoms with E-state index in [-0.39, 0.29) is 22.9 Å². The van der Waals surface area contributed by atoms with Gasteiger partial charge in [0, 0.05) is 21.5 Å². The fourth-order valence-electron chi connectivity index (χ4n) is 3.50. The number of hydrogen-bond acceptors (Lipinski definition) is 3. The number of para-hydroxylation sites is 1. The number of Topliss-reactive ketones (excluding diaryl/α,β-unsaturated/α-hetero) is 1. The largest absolute Gasteiger partial charge is 0.507 e. The molecule has 0 bridgehead atoms. The zero-order chi connectivity index (χ0) is 19.3. The van der Waals surface area contributed by atoms with Crippen molar-refractivity contribution in [2.45, 2.75) is 0 Å². The molecule has 0 saturated heterocycles. The number of carbonyl (C=O) groups is 1. The highest BCUT2D eigenvalue weighted by Gasteiger charge is 2.30. The summed E-state index contributed by atoms with van der Waals surface area (Å²) in [6.07, 6.45) is 1.73. The molecule has 0 unspecified atom stereocenters. The quantitative estimate of drug-likeness (QED) is 0.426. The van der Waals surface area contributed by atoms with Gasteiger partial charge >= 0.3 is 0 Å². The lowest BCUT2D eigenvalue weighted by atomic mass is 10.0. The van der Waals surface area contributed by atoms with Crippen LogP contribution in [-0.2, 0) is 0 Å². The third-order valence-corrected chi connectivity index (χ3v) is 5.08. The Morgan fingerprint density at radius 2 is 1.75 bits per heavy atom. The smallest absolute Gasteiger partial charge is 0.235 e. The Hall–Kier alpha value is -3.50. The summed E-state index contributed by atoms with van der Waals surface area (Å²) < 4.78 is 5.75. The first-order chi connectivity index (χ1) is 13.6. The van der Waals surface area contributed by atoms with Crippen LogP contribution in [-0.4, -0.2) is 15.9 Å². The van der Waals surface area contributed by atoms with Crippen molar-refractivity contribution >= 4 is 34.4 Å². The van der Waals surface area contributed by atoms with Crippen LogP contribution in [0.4, 0.5) is 0 Å². The maximum Gasteiger partial charge on any atom is 0.235 e. The molecular weight excluding hydrogens is 374 g/mol. The van der Waals surface area contributed by atoms with Gasteiger partial charge in [-0.05, 0) is 42.0 Å². The molecule has 1 aliphatic heterocycles. The molecule has 5 heteroatoms. The monoisotopic (exact) mass is 387 g/mol. The second-order valence-electron chi connectivity index (χ2n) is 6.56. The third-order valence-electron chi connectivity index (χ3n) is 4.83. The van der Waals surface area contributed by atoms with Crippen LogP contribution in [0.2, 0.25) is 5.02 Å². The van der Waals surface area contributed by atoms with E-state index in [4.69, 9.17) is 16.3 Å². The van der Waals surface area contributed by atoms with Crippen molar-refractivity contribution in [3.8, 4) is 22.8 Å². The van der Waals surface area contributed by atoms with Gasteiger partial charge in [0.25, 0.3) is 0 Å². The number of phenolic OH excluding ortho intramolecular Hbond substituents is 1. The highest BCUT2D eigenvalue weighted by molar-refractivity contribution is 6.30. The predicted octanol–water partition coefficient (Wildman–Crippen LogP) is 5.81. The molecule has 3 aromatic carbocycles. The van der Waals surface area contributed by atoms with Gasteiger partial charge in [0.05, 0.1) is 5.69 Å². The summed E-state index contributed by atoms with van der Waals surface area (Å²) in [6.45, 7) is 0. The van der Waals surface area contributed by atoms with Gasteiger partial charge in [0.2, 0.25) is 5.78 Å². The number of rotatable bonds is 2. The minimum Gasteiger partial charge on any atom is -0.507 e. The number of H-pyrrole nitrogens is 1. The minimum atomic E-state index is -0.333. The van der Waals surface area contributed by atoms with Crippen LogP contribution >= 0.6 is 11.6 Å². The number of ketones is 1. The predicted molar refractivity (Wildman–Crippen MR) is 110 cm³/mol. The van der Waals surface area contributed by atoms with Gasteiger partial charge in [-0.3, -0.25) is 4.79 Å². The molecule has 1 aliphatic rings. The zero-order valence-electron chi connectivity index (χ0n) is 14.6. The summed E-state index contributed by atoms with van der Waals surface area (Å²) in [5.74, 6) is 0.129. The lowest BCUT2D eigenvalue weighted by Crippen LogP contribution is -1.98. The second-order valence-corrected chi connectivity index (χ2v) is 6.99. The van der Waals surface area contributed by atoms with Crippen molar-refractivity contribution in [3.05, 3.63) is 88.6 Å². The van der Waals surface area contributed by atoms with E-state index in [2.05, 4.69) is 4.98 Å². The molecule has 1 aromatic heterocycles. The SMILES string of the molecule is O=C1C(=Cc2c(-c3ccc(Cl)cc3)[nH]c3ccccc23)Oc2cccc(O)c21. The van der Waals surface area contributed by atoms with E-state index < -0.39 is 0 Å². The van der Waals surface area contributed by atoms with E-state index in [1.54, 1.807) is 18.2 Å². The molecule has 5 rings (SSSR count). The van der Waals surface area contributed by atoms with Crippen LogP contribution in [0.1, 0.15) is 15.9 Å². The van der Waals surface area contributed by atoms with Crippen molar-refractivity contribution in [1.82, 2.24) is 4.98 Å².